The summed E-state index contributed by atoms with van der Waals surface area (Å²) in [7, 11) is 1.50. The Balaban J connectivity index is 0.00000180. The van der Waals surface area contributed by atoms with E-state index in [1.807, 2.05) is 20.8 Å². The van der Waals surface area contributed by atoms with Crippen molar-refractivity contribution in [1.29, 1.82) is 0 Å². The maximum atomic E-state index is 13.4. The average Bonchev–Trinajstić information content (AvgIpc) is 3.73. The molecule has 43 heavy (non-hydrogen) atoms. The minimum Gasteiger partial charge on any atom is -0.359 e. The summed E-state index contributed by atoms with van der Waals surface area (Å²) in [5.41, 5.74) is 9.02. The first-order valence-electron chi connectivity index (χ1n) is 14.7. The average molecular weight is 584 g/mol. The highest BCUT2D eigenvalue weighted by atomic mass is 19.1. The van der Waals surface area contributed by atoms with Gasteiger partial charge in [-0.05, 0) is 94.0 Å². The molecule has 6 N–H and O–H groups in total. The molecule has 9 heteroatoms. The number of fused-ring (bicyclic) bond motifs is 2. The molecule has 1 aromatic heterocycles. The number of hydrogen-bond donors (Lipinski definition) is 5. The molecule has 6 rings (SSSR count). The number of hydrogen-bond acceptors (Lipinski definition) is 4. The second-order valence-electron chi connectivity index (χ2n) is 11.7. The second kappa shape index (κ2) is 11.7. The summed E-state index contributed by atoms with van der Waals surface area (Å²) >= 11 is 0. The number of carbonyl (C=O) groups excluding carboxylic acids is 3. The van der Waals surface area contributed by atoms with Gasteiger partial charge < -0.3 is 26.7 Å². The normalized spacial score (nSPS) is 20.8. The van der Waals surface area contributed by atoms with Crippen LogP contribution in [0.4, 0.5) is 15.8 Å². The SMILES string of the molecule is CN.Cc1[nH]c(C2C#CC23C(=O)Nc2ccc(C(=O)NC(C)c4ccc(F)cc4)cc23)c(C)c1NC(=O)CC(C)C1CC1. The Morgan fingerprint density at radius 2 is 1.81 bits per heavy atom. The number of nitrogens with two attached hydrogens (primary N) is 1. The molecule has 0 bridgehead atoms. The Hall–Kier alpha value is -4.42. The van der Waals surface area contributed by atoms with Crippen LogP contribution in [0.5, 0.6) is 0 Å². The highest BCUT2D eigenvalue weighted by molar-refractivity contribution is 6.12. The molecule has 3 amide bonds. The minimum absolute atomic E-state index is 0.00923. The predicted molar refractivity (Wildman–Crippen MR) is 165 cm³/mol. The Labute approximate surface area is 251 Å². The van der Waals surface area contributed by atoms with E-state index in [1.54, 1.807) is 30.3 Å². The standard InChI is InChI=1S/C33H33FN4O3.CH5N/c1-17(21-5-6-21)15-28(39)38-29-18(2)30(35-20(29)4)25-13-14-33(25)26-16-23(9-12-27(26)37-32(33)41)31(40)36-19(3)22-7-10-24(34)11-8-22;1-2/h7-12,16-17,19,21,25,35H,5-6,15H2,1-4H3,(H,36,40)(H,37,41)(H,38,39);2H2,1H3. The number of amides is 3. The Kier molecular flexibility index (Phi) is 8.17. The fourth-order valence-corrected chi connectivity index (χ4v) is 6.13. The number of aromatic nitrogens is 1. The molecule has 1 spiro atoms. The van der Waals surface area contributed by atoms with Crippen LogP contribution in [0, 0.1) is 43.3 Å². The molecule has 4 atom stereocenters. The van der Waals surface area contributed by atoms with E-state index in [-0.39, 0.29) is 29.6 Å². The van der Waals surface area contributed by atoms with Gasteiger partial charge in [0.25, 0.3) is 5.91 Å². The first-order chi connectivity index (χ1) is 20.6. The number of nitrogens with one attached hydrogen (secondary N) is 4. The van der Waals surface area contributed by atoms with Crippen molar-refractivity contribution < 1.29 is 18.8 Å². The van der Waals surface area contributed by atoms with Crippen LogP contribution in [0.2, 0.25) is 0 Å². The zero-order valence-electron chi connectivity index (χ0n) is 25.2. The van der Waals surface area contributed by atoms with E-state index in [4.69, 9.17) is 0 Å². The van der Waals surface area contributed by atoms with Crippen molar-refractivity contribution in [1.82, 2.24) is 10.3 Å². The largest absolute Gasteiger partial charge is 0.359 e. The van der Waals surface area contributed by atoms with Crippen molar-refractivity contribution in [2.75, 3.05) is 17.7 Å². The van der Waals surface area contributed by atoms with E-state index in [0.717, 1.165) is 28.2 Å². The van der Waals surface area contributed by atoms with Gasteiger partial charge in [0, 0.05) is 34.6 Å². The number of aromatic amines is 1. The molecule has 4 unspecified atom stereocenters. The maximum Gasteiger partial charge on any atom is 0.251 e. The molecule has 2 heterocycles. The summed E-state index contributed by atoms with van der Waals surface area (Å²) in [6, 6.07) is 10.8. The smallest absolute Gasteiger partial charge is 0.251 e. The van der Waals surface area contributed by atoms with E-state index in [0.29, 0.717) is 35.1 Å². The van der Waals surface area contributed by atoms with Gasteiger partial charge >= 0.3 is 0 Å². The van der Waals surface area contributed by atoms with Crippen LogP contribution in [0.25, 0.3) is 0 Å². The number of carbonyl (C=O) groups is 3. The van der Waals surface area contributed by atoms with Crippen LogP contribution < -0.4 is 21.7 Å². The van der Waals surface area contributed by atoms with Crippen LogP contribution >= 0.6 is 0 Å². The zero-order chi connectivity index (χ0) is 31.1. The summed E-state index contributed by atoms with van der Waals surface area (Å²) in [5, 5.41) is 8.99. The third kappa shape index (κ3) is 5.43. The molecule has 0 saturated heterocycles. The maximum absolute atomic E-state index is 13.4. The minimum atomic E-state index is -1.14. The molecule has 2 aliphatic carbocycles. The van der Waals surface area contributed by atoms with E-state index >= 15 is 0 Å². The van der Waals surface area contributed by atoms with Crippen LogP contribution in [0.15, 0.2) is 42.5 Å². The topological polar surface area (TPSA) is 129 Å². The molecule has 2 aromatic carbocycles. The molecular weight excluding hydrogens is 545 g/mol. The van der Waals surface area contributed by atoms with Crippen molar-refractivity contribution in [3.8, 4) is 11.8 Å². The van der Waals surface area contributed by atoms with Gasteiger partial charge in [0.2, 0.25) is 11.8 Å². The van der Waals surface area contributed by atoms with Crippen molar-refractivity contribution in [3.63, 3.8) is 0 Å². The van der Waals surface area contributed by atoms with Gasteiger partial charge in [-0.15, -0.1) is 0 Å². The summed E-state index contributed by atoms with van der Waals surface area (Å²) in [6.45, 7) is 7.79. The first kappa shape index (κ1) is 30.1. The molecular formula is C34H38FN5O3. The van der Waals surface area contributed by atoms with Gasteiger partial charge in [-0.2, -0.15) is 0 Å². The van der Waals surface area contributed by atoms with Gasteiger partial charge in [-0.25, -0.2) is 4.39 Å². The fraction of sp³-hybridized carbons (Fsp3) is 0.382. The number of H-pyrrole nitrogens is 1. The number of benzene rings is 2. The van der Waals surface area contributed by atoms with Crippen molar-refractivity contribution >= 4 is 29.1 Å². The number of aryl methyl sites for hydroxylation is 1. The lowest BCUT2D eigenvalue weighted by molar-refractivity contribution is -0.119. The van der Waals surface area contributed by atoms with Crippen molar-refractivity contribution in [2.45, 2.75) is 64.3 Å². The summed E-state index contributed by atoms with van der Waals surface area (Å²) in [4.78, 5) is 42.8. The second-order valence-corrected chi connectivity index (χ2v) is 11.7. The lowest BCUT2D eigenvalue weighted by Crippen LogP contribution is -2.44. The van der Waals surface area contributed by atoms with Crippen molar-refractivity contribution in [3.05, 3.63) is 81.9 Å². The third-order valence-electron chi connectivity index (χ3n) is 8.84. The molecule has 1 aliphatic heterocycles. The molecule has 3 aromatic rings. The monoisotopic (exact) mass is 583 g/mol. The summed E-state index contributed by atoms with van der Waals surface area (Å²) in [6.07, 6.45) is 2.88. The van der Waals surface area contributed by atoms with Crippen LogP contribution in [0.3, 0.4) is 0 Å². The van der Waals surface area contributed by atoms with Crippen LogP contribution in [0.1, 0.15) is 83.5 Å². The van der Waals surface area contributed by atoms with Gasteiger partial charge in [0.15, 0.2) is 5.41 Å². The molecule has 224 valence electrons. The quantitative estimate of drug-likeness (QED) is 0.233. The zero-order valence-corrected chi connectivity index (χ0v) is 25.2. The third-order valence-corrected chi connectivity index (χ3v) is 8.84. The van der Waals surface area contributed by atoms with E-state index < -0.39 is 11.3 Å². The Bertz CT molecular complexity index is 1650. The van der Waals surface area contributed by atoms with E-state index in [1.165, 1.54) is 32.0 Å². The van der Waals surface area contributed by atoms with Crippen LogP contribution in [-0.2, 0) is 15.0 Å². The highest BCUT2D eigenvalue weighted by Gasteiger charge is 2.56. The predicted octanol–water partition coefficient (Wildman–Crippen LogP) is 5.20. The lowest BCUT2D eigenvalue weighted by atomic mass is 9.64. The molecule has 3 aliphatic rings. The van der Waals surface area contributed by atoms with E-state index in [2.05, 4.69) is 45.4 Å². The van der Waals surface area contributed by atoms with E-state index in [9.17, 15) is 18.8 Å². The summed E-state index contributed by atoms with van der Waals surface area (Å²) in [5.74, 6) is 5.95. The molecule has 8 nitrogen and oxygen atoms in total. The fourth-order valence-electron chi connectivity index (χ4n) is 6.13. The Morgan fingerprint density at radius 3 is 2.44 bits per heavy atom. The lowest BCUT2D eigenvalue weighted by Gasteiger charge is -2.34. The number of anilines is 2. The first-order valence-corrected chi connectivity index (χ1v) is 14.7. The van der Waals surface area contributed by atoms with Gasteiger partial charge in [-0.3, -0.25) is 14.4 Å². The van der Waals surface area contributed by atoms with Gasteiger partial charge in [0.05, 0.1) is 17.6 Å². The number of rotatable bonds is 8. The Morgan fingerprint density at radius 1 is 1.12 bits per heavy atom. The van der Waals surface area contributed by atoms with Crippen LogP contribution in [-0.4, -0.2) is 29.8 Å². The van der Waals surface area contributed by atoms with Gasteiger partial charge in [-0.1, -0.05) is 30.9 Å². The highest BCUT2D eigenvalue weighted by Crippen LogP contribution is 2.52. The number of halogens is 1. The molecule has 1 saturated carbocycles. The summed E-state index contributed by atoms with van der Waals surface area (Å²) < 4.78 is 13.3. The van der Waals surface area contributed by atoms with Crippen molar-refractivity contribution in [2.24, 2.45) is 17.6 Å². The van der Waals surface area contributed by atoms with Gasteiger partial charge in [0.1, 0.15) is 5.82 Å². The molecule has 1 fully saturated rings. The molecule has 0 radical (unpaired) electrons.